The minimum absolute atomic E-state index is 0.169. The Hall–Kier alpha value is -3.19. The van der Waals surface area contributed by atoms with E-state index in [0.29, 0.717) is 34.1 Å². The number of ether oxygens (including phenoxy) is 5. The summed E-state index contributed by atoms with van der Waals surface area (Å²) in [4.78, 5) is 13.7. The van der Waals surface area contributed by atoms with Crippen molar-refractivity contribution < 1.29 is 28.5 Å². The SMILES string of the molecule is COc1ccc(C2c3c(OC)cc(OC)cc3C(=O)c3c(OC)cc(OC)cc3C2Br)cc1. The van der Waals surface area contributed by atoms with Gasteiger partial charge >= 0.3 is 0 Å². The van der Waals surface area contributed by atoms with Gasteiger partial charge in [0, 0.05) is 29.2 Å². The second-order valence-electron chi connectivity index (χ2n) is 7.57. The lowest BCUT2D eigenvalue weighted by molar-refractivity contribution is 0.103. The third kappa shape index (κ3) is 3.91. The molecule has 0 amide bonds. The van der Waals surface area contributed by atoms with Gasteiger partial charge in [-0.3, -0.25) is 4.79 Å². The summed E-state index contributed by atoms with van der Waals surface area (Å²) in [6.45, 7) is 0. The molecule has 3 aromatic rings. The zero-order valence-electron chi connectivity index (χ0n) is 19.1. The molecule has 7 heteroatoms. The maximum atomic E-state index is 14.0. The first kappa shape index (κ1) is 23.0. The number of alkyl halides is 1. The van der Waals surface area contributed by atoms with Crippen molar-refractivity contribution in [2.45, 2.75) is 10.7 Å². The second-order valence-corrected chi connectivity index (χ2v) is 8.55. The van der Waals surface area contributed by atoms with Gasteiger partial charge in [-0.1, -0.05) is 28.1 Å². The van der Waals surface area contributed by atoms with Crippen molar-refractivity contribution in [3.8, 4) is 28.7 Å². The molecule has 0 spiro atoms. The summed E-state index contributed by atoms with van der Waals surface area (Å²) in [6, 6.07) is 15.0. The maximum Gasteiger partial charge on any atom is 0.197 e. The topological polar surface area (TPSA) is 63.2 Å². The average molecular weight is 513 g/mol. The summed E-state index contributed by atoms with van der Waals surface area (Å²) in [5.74, 6) is 2.48. The molecule has 6 nitrogen and oxygen atoms in total. The van der Waals surface area contributed by atoms with E-state index in [9.17, 15) is 4.79 Å². The molecule has 2 atom stereocenters. The third-order valence-corrected chi connectivity index (χ3v) is 7.00. The van der Waals surface area contributed by atoms with Gasteiger partial charge < -0.3 is 23.7 Å². The van der Waals surface area contributed by atoms with Crippen LogP contribution in [0.1, 0.15) is 43.4 Å². The Labute approximate surface area is 201 Å². The van der Waals surface area contributed by atoms with Crippen LogP contribution >= 0.6 is 15.9 Å². The highest BCUT2D eigenvalue weighted by Gasteiger charge is 2.39. The number of rotatable bonds is 6. The van der Waals surface area contributed by atoms with Crippen LogP contribution in [0.2, 0.25) is 0 Å². The molecule has 4 rings (SSSR count). The standard InChI is InChI=1S/C26H25BrO6/c1-29-15-8-6-14(7-9-15)22-23-19(11-17(31-3)12-20(23)32-4)26(28)24-18(25(22)27)10-16(30-2)13-21(24)33-5/h6-13,22,25H,1-5H3. The fourth-order valence-electron chi connectivity index (χ4n) is 4.35. The summed E-state index contributed by atoms with van der Waals surface area (Å²) >= 11 is 3.92. The number of carbonyl (C=O) groups is 1. The summed E-state index contributed by atoms with van der Waals surface area (Å²) in [7, 11) is 7.93. The fraction of sp³-hybridized carbons (Fsp3) is 0.269. The van der Waals surface area contributed by atoms with Gasteiger partial charge in [0.2, 0.25) is 0 Å². The van der Waals surface area contributed by atoms with Crippen molar-refractivity contribution in [3.05, 3.63) is 76.3 Å². The van der Waals surface area contributed by atoms with Crippen molar-refractivity contribution in [1.82, 2.24) is 0 Å². The van der Waals surface area contributed by atoms with Crippen LogP contribution in [0.5, 0.6) is 28.7 Å². The molecule has 0 heterocycles. The van der Waals surface area contributed by atoms with E-state index in [-0.39, 0.29) is 16.5 Å². The summed E-state index contributed by atoms with van der Waals surface area (Å²) in [5, 5.41) is 0. The second kappa shape index (κ2) is 9.35. The minimum atomic E-state index is -0.280. The van der Waals surface area contributed by atoms with E-state index in [1.165, 1.54) is 0 Å². The highest BCUT2D eigenvalue weighted by atomic mass is 79.9. The van der Waals surface area contributed by atoms with Crippen LogP contribution in [0, 0.1) is 0 Å². The molecule has 3 aromatic carbocycles. The van der Waals surface area contributed by atoms with E-state index < -0.39 is 0 Å². The highest BCUT2D eigenvalue weighted by molar-refractivity contribution is 9.09. The van der Waals surface area contributed by atoms with Gasteiger partial charge in [-0.2, -0.15) is 0 Å². The fourth-order valence-corrected chi connectivity index (χ4v) is 5.28. The molecular formula is C26H25BrO6. The van der Waals surface area contributed by atoms with Crippen LogP contribution in [-0.4, -0.2) is 41.3 Å². The Morgan fingerprint density at radius 1 is 0.697 bits per heavy atom. The van der Waals surface area contributed by atoms with Gasteiger partial charge in [-0.05, 0) is 35.4 Å². The predicted molar refractivity (Wildman–Crippen MR) is 129 cm³/mol. The van der Waals surface area contributed by atoms with E-state index in [4.69, 9.17) is 23.7 Å². The molecule has 172 valence electrons. The zero-order chi connectivity index (χ0) is 23.7. The maximum absolute atomic E-state index is 14.0. The number of hydrogen-bond acceptors (Lipinski definition) is 6. The van der Waals surface area contributed by atoms with Crippen LogP contribution in [0.15, 0.2) is 48.5 Å². The Bertz CT molecular complexity index is 1190. The predicted octanol–water partition coefficient (Wildman–Crippen LogP) is 5.54. The number of fused-ring (bicyclic) bond motifs is 2. The van der Waals surface area contributed by atoms with E-state index in [0.717, 1.165) is 22.4 Å². The first-order valence-electron chi connectivity index (χ1n) is 10.3. The lowest BCUT2D eigenvalue weighted by Gasteiger charge is -2.26. The zero-order valence-corrected chi connectivity index (χ0v) is 20.7. The van der Waals surface area contributed by atoms with Gasteiger partial charge in [-0.15, -0.1) is 0 Å². The normalized spacial score (nSPS) is 16.8. The molecular weight excluding hydrogens is 488 g/mol. The molecule has 0 saturated carbocycles. The number of benzene rings is 3. The lowest BCUT2D eigenvalue weighted by Crippen LogP contribution is -2.11. The molecule has 1 aliphatic carbocycles. The Morgan fingerprint density at radius 2 is 1.27 bits per heavy atom. The summed E-state index contributed by atoms with van der Waals surface area (Å²) in [6.07, 6.45) is 0. The number of ketones is 1. The molecule has 33 heavy (non-hydrogen) atoms. The van der Waals surface area contributed by atoms with Crippen molar-refractivity contribution in [1.29, 1.82) is 0 Å². The van der Waals surface area contributed by atoms with E-state index >= 15 is 0 Å². The van der Waals surface area contributed by atoms with Gasteiger partial charge in [0.1, 0.15) is 28.7 Å². The highest BCUT2D eigenvalue weighted by Crippen LogP contribution is 2.53. The van der Waals surface area contributed by atoms with Crippen molar-refractivity contribution in [2.24, 2.45) is 0 Å². The molecule has 0 aliphatic heterocycles. The van der Waals surface area contributed by atoms with Gasteiger partial charge in [0.15, 0.2) is 5.78 Å². The minimum Gasteiger partial charge on any atom is -0.497 e. The Morgan fingerprint density at radius 3 is 1.85 bits per heavy atom. The van der Waals surface area contributed by atoms with E-state index in [2.05, 4.69) is 15.9 Å². The van der Waals surface area contributed by atoms with Crippen molar-refractivity contribution in [3.63, 3.8) is 0 Å². The molecule has 0 aromatic heterocycles. The molecule has 0 fully saturated rings. The van der Waals surface area contributed by atoms with Gasteiger partial charge in [0.25, 0.3) is 0 Å². The smallest absolute Gasteiger partial charge is 0.197 e. The van der Waals surface area contributed by atoms with E-state index in [1.807, 2.05) is 30.3 Å². The number of carbonyl (C=O) groups excluding carboxylic acids is 1. The molecule has 0 radical (unpaired) electrons. The Balaban J connectivity index is 2.09. The first-order valence-corrected chi connectivity index (χ1v) is 11.2. The quantitative estimate of drug-likeness (QED) is 0.404. The van der Waals surface area contributed by atoms with Crippen molar-refractivity contribution in [2.75, 3.05) is 35.5 Å². The summed E-state index contributed by atoms with van der Waals surface area (Å²) in [5.41, 5.74) is 3.51. The van der Waals surface area contributed by atoms with Crippen LogP contribution in [-0.2, 0) is 0 Å². The lowest BCUT2D eigenvalue weighted by atomic mass is 9.84. The average Bonchev–Trinajstić information content (AvgIpc) is 2.95. The largest absolute Gasteiger partial charge is 0.497 e. The Kier molecular flexibility index (Phi) is 6.51. The first-order chi connectivity index (χ1) is 16.0. The molecule has 1 aliphatic rings. The van der Waals surface area contributed by atoms with Crippen LogP contribution < -0.4 is 23.7 Å². The number of methoxy groups -OCH3 is 5. The van der Waals surface area contributed by atoms with Gasteiger partial charge in [0.05, 0.1) is 45.9 Å². The summed E-state index contributed by atoms with van der Waals surface area (Å²) < 4.78 is 27.7. The number of halogens is 1. The monoisotopic (exact) mass is 512 g/mol. The molecule has 0 saturated heterocycles. The third-order valence-electron chi connectivity index (χ3n) is 5.98. The van der Waals surface area contributed by atoms with Crippen molar-refractivity contribution >= 4 is 21.7 Å². The van der Waals surface area contributed by atoms with Crippen LogP contribution in [0.3, 0.4) is 0 Å². The molecule has 0 bridgehead atoms. The molecule has 0 N–H and O–H groups in total. The van der Waals surface area contributed by atoms with E-state index in [1.54, 1.807) is 53.7 Å². The van der Waals surface area contributed by atoms with Gasteiger partial charge in [-0.25, -0.2) is 0 Å². The number of hydrogen-bond donors (Lipinski definition) is 0. The van der Waals surface area contributed by atoms with Crippen LogP contribution in [0.4, 0.5) is 0 Å². The van der Waals surface area contributed by atoms with Crippen LogP contribution in [0.25, 0.3) is 0 Å². The molecule has 2 unspecified atom stereocenters.